The van der Waals surface area contributed by atoms with Crippen molar-refractivity contribution in [3.05, 3.63) is 12.2 Å². The van der Waals surface area contributed by atoms with Gasteiger partial charge in [-0.3, -0.25) is 19.3 Å². The van der Waals surface area contributed by atoms with Gasteiger partial charge in [-0.15, -0.1) is 0 Å². The SMILES string of the molecule is CC(C)(C)NC(=O)CN1C(=O)[C@H]2[C@H](C1=O)[C@H]1C=C[C@H]2C1. The van der Waals surface area contributed by atoms with E-state index in [-0.39, 0.29) is 53.5 Å². The third kappa shape index (κ3) is 1.96. The fraction of sp³-hybridized carbons (Fsp3) is 0.667. The lowest BCUT2D eigenvalue weighted by atomic mass is 9.85. The first-order valence-electron chi connectivity index (χ1n) is 7.12. The van der Waals surface area contributed by atoms with Crippen LogP contribution in [0.5, 0.6) is 0 Å². The summed E-state index contributed by atoms with van der Waals surface area (Å²) in [7, 11) is 0. The molecule has 2 aliphatic carbocycles. The van der Waals surface area contributed by atoms with Crippen LogP contribution in [0.15, 0.2) is 12.2 Å². The Balaban J connectivity index is 1.72. The highest BCUT2D eigenvalue weighted by Crippen LogP contribution is 2.52. The van der Waals surface area contributed by atoms with Crippen LogP contribution in [0.4, 0.5) is 0 Å². The molecule has 20 heavy (non-hydrogen) atoms. The van der Waals surface area contributed by atoms with E-state index < -0.39 is 0 Å². The molecule has 1 saturated carbocycles. The Morgan fingerprint density at radius 2 is 1.70 bits per heavy atom. The fourth-order valence-corrected chi connectivity index (χ4v) is 3.72. The Labute approximate surface area is 118 Å². The minimum absolute atomic E-state index is 0.151. The van der Waals surface area contributed by atoms with Gasteiger partial charge in [-0.25, -0.2) is 0 Å². The maximum atomic E-state index is 12.4. The zero-order valence-electron chi connectivity index (χ0n) is 12.1. The van der Waals surface area contributed by atoms with Crippen LogP contribution in [-0.2, 0) is 14.4 Å². The molecule has 4 atom stereocenters. The van der Waals surface area contributed by atoms with Crippen molar-refractivity contribution >= 4 is 17.7 Å². The molecule has 3 aliphatic rings. The summed E-state index contributed by atoms with van der Waals surface area (Å²) in [5, 5.41) is 2.79. The number of nitrogens with one attached hydrogen (secondary N) is 1. The quantitative estimate of drug-likeness (QED) is 0.596. The van der Waals surface area contributed by atoms with E-state index in [4.69, 9.17) is 0 Å². The number of carbonyl (C=O) groups excluding carboxylic acids is 3. The van der Waals surface area contributed by atoms with Crippen LogP contribution in [0.2, 0.25) is 0 Å². The van der Waals surface area contributed by atoms with Gasteiger partial charge in [0, 0.05) is 5.54 Å². The number of carbonyl (C=O) groups is 3. The summed E-state index contributed by atoms with van der Waals surface area (Å²) in [6.07, 6.45) is 5.01. The lowest BCUT2D eigenvalue weighted by Gasteiger charge is -2.23. The molecule has 5 nitrogen and oxygen atoms in total. The maximum Gasteiger partial charge on any atom is 0.240 e. The molecule has 3 rings (SSSR count). The van der Waals surface area contributed by atoms with E-state index in [0.29, 0.717) is 0 Å². The summed E-state index contributed by atoms with van der Waals surface area (Å²) < 4.78 is 0. The second-order valence-corrected chi connectivity index (χ2v) is 7.06. The number of hydrogen-bond donors (Lipinski definition) is 1. The third-order valence-corrected chi connectivity index (χ3v) is 4.38. The summed E-state index contributed by atoms with van der Waals surface area (Å²) in [4.78, 5) is 37.8. The number of hydrogen-bond acceptors (Lipinski definition) is 3. The molecule has 0 radical (unpaired) electrons. The predicted octanol–water partition coefficient (Wildman–Crippen LogP) is 0.708. The van der Waals surface area contributed by atoms with Crippen LogP contribution in [0.3, 0.4) is 0 Å². The van der Waals surface area contributed by atoms with Crippen LogP contribution >= 0.6 is 0 Å². The van der Waals surface area contributed by atoms with E-state index >= 15 is 0 Å². The van der Waals surface area contributed by atoms with Crippen molar-refractivity contribution in [1.29, 1.82) is 0 Å². The lowest BCUT2D eigenvalue weighted by molar-refractivity contribution is -0.144. The first-order chi connectivity index (χ1) is 9.28. The zero-order chi connectivity index (χ0) is 14.7. The third-order valence-electron chi connectivity index (χ3n) is 4.38. The summed E-state index contributed by atoms with van der Waals surface area (Å²) in [6.45, 7) is 5.47. The Hall–Kier alpha value is -1.65. The van der Waals surface area contributed by atoms with Crippen molar-refractivity contribution in [3.63, 3.8) is 0 Å². The van der Waals surface area contributed by atoms with E-state index in [9.17, 15) is 14.4 Å². The highest BCUT2D eigenvalue weighted by molar-refractivity contribution is 6.08. The summed E-state index contributed by atoms with van der Waals surface area (Å²) in [5.74, 6) is -0.671. The monoisotopic (exact) mass is 276 g/mol. The van der Waals surface area contributed by atoms with Gasteiger partial charge < -0.3 is 5.32 Å². The number of likely N-dealkylation sites (tertiary alicyclic amines) is 1. The molecule has 0 aromatic carbocycles. The Morgan fingerprint density at radius 3 is 2.15 bits per heavy atom. The molecular formula is C15H20N2O3. The topological polar surface area (TPSA) is 66.5 Å². The van der Waals surface area contributed by atoms with E-state index in [1.807, 2.05) is 20.8 Å². The van der Waals surface area contributed by atoms with E-state index in [2.05, 4.69) is 17.5 Å². The van der Waals surface area contributed by atoms with Crippen molar-refractivity contribution in [2.45, 2.75) is 32.7 Å². The second-order valence-electron chi connectivity index (χ2n) is 7.06. The molecule has 0 aromatic heterocycles. The zero-order valence-corrected chi connectivity index (χ0v) is 12.1. The Kier molecular flexibility index (Phi) is 2.78. The second kappa shape index (κ2) is 4.17. The fourth-order valence-electron chi connectivity index (χ4n) is 3.72. The van der Waals surface area contributed by atoms with E-state index in [1.54, 1.807) is 0 Å². The molecule has 1 N–H and O–H groups in total. The van der Waals surface area contributed by atoms with Crippen LogP contribution in [0.25, 0.3) is 0 Å². The van der Waals surface area contributed by atoms with E-state index in [1.165, 1.54) is 0 Å². The molecule has 0 aromatic rings. The van der Waals surface area contributed by atoms with Crippen molar-refractivity contribution in [3.8, 4) is 0 Å². The number of nitrogens with zero attached hydrogens (tertiary/aromatic N) is 1. The molecule has 1 heterocycles. The van der Waals surface area contributed by atoms with E-state index in [0.717, 1.165) is 11.3 Å². The van der Waals surface area contributed by atoms with Gasteiger partial charge in [0.25, 0.3) is 0 Å². The van der Waals surface area contributed by atoms with Gasteiger partial charge in [0.05, 0.1) is 11.8 Å². The molecular weight excluding hydrogens is 256 g/mol. The first kappa shape index (κ1) is 13.3. The highest BCUT2D eigenvalue weighted by Gasteiger charge is 2.59. The number of allylic oxidation sites excluding steroid dienone is 2. The summed E-state index contributed by atoms with van der Waals surface area (Å²) >= 11 is 0. The predicted molar refractivity (Wildman–Crippen MR) is 72.3 cm³/mol. The van der Waals surface area contributed by atoms with Crippen molar-refractivity contribution in [1.82, 2.24) is 10.2 Å². The molecule has 3 amide bonds. The number of imide groups is 1. The minimum atomic E-state index is -0.362. The van der Waals surface area contributed by atoms with Gasteiger partial charge in [-0.1, -0.05) is 12.2 Å². The number of fused-ring (bicyclic) bond motifs is 5. The van der Waals surface area contributed by atoms with Gasteiger partial charge in [0.1, 0.15) is 6.54 Å². The highest BCUT2D eigenvalue weighted by atomic mass is 16.2. The number of rotatable bonds is 2. The molecule has 2 bridgehead atoms. The average molecular weight is 276 g/mol. The average Bonchev–Trinajstić information content (AvgIpc) is 2.96. The molecule has 1 aliphatic heterocycles. The summed E-state index contributed by atoms with van der Waals surface area (Å²) in [6, 6.07) is 0. The molecule has 0 unspecified atom stereocenters. The minimum Gasteiger partial charge on any atom is -0.350 e. The van der Waals surface area contributed by atoms with Gasteiger partial charge in [-0.2, -0.15) is 0 Å². The van der Waals surface area contributed by atoms with Crippen LogP contribution in [-0.4, -0.2) is 34.7 Å². The molecule has 5 heteroatoms. The molecule has 1 saturated heterocycles. The standard InChI is InChI=1S/C15H20N2O3/c1-15(2,3)16-10(18)7-17-13(19)11-8-4-5-9(6-8)12(11)14(17)20/h4-5,8-9,11-12H,6-7H2,1-3H3,(H,16,18)/t8-,9-,11+,12+/m0/s1. The van der Waals surface area contributed by atoms with Crippen LogP contribution < -0.4 is 5.32 Å². The normalized spacial score (nSPS) is 34.9. The van der Waals surface area contributed by atoms with Gasteiger partial charge in [0.15, 0.2) is 0 Å². The molecule has 2 fully saturated rings. The van der Waals surface area contributed by atoms with Gasteiger partial charge in [0.2, 0.25) is 17.7 Å². The van der Waals surface area contributed by atoms with Gasteiger partial charge in [-0.05, 0) is 39.0 Å². The molecule has 0 spiro atoms. The van der Waals surface area contributed by atoms with Gasteiger partial charge >= 0.3 is 0 Å². The van der Waals surface area contributed by atoms with Crippen LogP contribution in [0.1, 0.15) is 27.2 Å². The van der Waals surface area contributed by atoms with Crippen molar-refractivity contribution in [2.24, 2.45) is 23.7 Å². The summed E-state index contributed by atoms with van der Waals surface area (Å²) in [5.41, 5.74) is -0.362. The maximum absolute atomic E-state index is 12.4. The lowest BCUT2D eigenvalue weighted by Crippen LogP contribution is -2.47. The molecule has 108 valence electrons. The van der Waals surface area contributed by atoms with Crippen LogP contribution in [0, 0.1) is 23.7 Å². The first-order valence-corrected chi connectivity index (χ1v) is 7.12. The largest absolute Gasteiger partial charge is 0.350 e. The van der Waals surface area contributed by atoms with Crippen molar-refractivity contribution in [2.75, 3.05) is 6.54 Å². The Bertz CT molecular complexity index is 488. The van der Waals surface area contributed by atoms with Crippen molar-refractivity contribution < 1.29 is 14.4 Å². The Morgan fingerprint density at radius 1 is 1.20 bits per heavy atom. The number of amides is 3. The smallest absolute Gasteiger partial charge is 0.240 e.